The fourth-order valence-electron chi connectivity index (χ4n) is 3.66. The number of benzene rings is 2. The maximum absolute atomic E-state index is 12.4. The molecule has 2 aromatic carbocycles. The Labute approximate surface area is 171 Å². The molecule has 1 heterocycles. The number of rotatable bonds is 8. The van der Waals surface area contributed by atoms with Gasteiger partial charge in [0.25, 0.3) is 5.69 Å². The van der Waals surface area contributed by atoms with Crippen LogP contribution in [-0.2, 0) is 24.3 Å². The predicted octanol–water partition coefficient (Wildman–Crippen LogP) is 2.59. The van der Waals surface area contributed by atoms with Crippen LogP contribution in [0.1, 0.15) is 23.6 Å². The molecule has 0 saturated carbocycles. The highest BCUT2D eigenvalue weighted by Crippen LogP contribution is 2.18. The van der Waals surface area contributed by atoms with Crippen LogP contribution < -0.4 is 5.32 Å². The molecule has 0 aliphatic carbocycles. The van der Waals surface area contributed by atoms with Crippen molar-refractivity contribution in [1.29, 1.82) is 0 Å². The number of nitrogens with one attached hydrogen (secondary N) is 1. The van der Waals surface area contributed by atoms with Crippen molar-refractivity contribution in [3.63, 3.8) is 0 Å². The lowest BCUT2D eigenvalue weighted by atomic mass is 10.1. The van der Waals surface area contributed by atoms with Crippen LogP contribution in [-0.4, -0.2) is 53.4 Å². The lowest BCUT2D eigenvalue weighted by Crippen LogP contribution is -2.45. The van der Waals surface area contributed by atoms with Gasteiger partial charge in [-0.2, -0.15) is 0 Å². The van der Waals surface area contributed by atoms with E-state index >= 15 is 0 Å². The zero-order chi connectivity index (χ0) is 20.6. The van der Waals surface area contributed by atoms with Crippen LogP contribution in [0.2, 0.25) is 0 Å². The van der Waals surface area contributed by atoms with E-state index in [0.29, 0.717) is 12.1 Å². The topological polar surface area (TPSA) is 78.7 Å². The van der Waals surface area contributed by atoms with Crippen LogP contribution in [0.5, 0.6) is 0 Å². The Morgan fingerprint density at radius 2 is 1.55 bits per heavy atom. The van der Waals surface area contributed by atoms with Crippen LogP contribution in [0.3, 0.4) is 0 Å². The number of nitrogens with zero attached hydrogens (tertiary/aromatic N) is 3. The summed E-state index contributed by atoms with van der Waals surface area (Å²) in [5, 5.41) is 14.0. The standard InChI is InChI=1S/C22H28N4O3/c1-2-24-11-13-25(14-12-24)17-20-9-4-3-8-19(20)16-23-22(27)15-18-7-5-6-10-21(18)26(28)29/h3-10H,2,11-17H2,1H3,(H,23,27). The summed E-state index contributed by atoms with van der Waals surface area (Å²) >= 11 is 0. The quantitative estimate of drug-likeness (QED) is 0.548. The first-order valence-corrected chi connectivity index (χ1v) is 10.1. The normalized spacial score (nSPS) is 15.2. The molecular formula is C22H28N4O3. The van der Waals surface area contributed by atoms with E-state index in [-0.39, 0.29) is 18.0 Å². The number of likely N-dealkylation sites (N-methyl/N-ethyl adjacent to an activating group) is 1. The van der Waals surface area contributed by atoms with Crippen molar-refractivity contribution in [3.8, 4) is 0 Å². The number of carbonyl (C=O) groups excluding carboxylic acids is 1. The van der Waals surface area contributed by atoms with Crippen molar-refractivity contribution >= 4 is 11.6 Å². The highest BCUT2D eigenvalue weighted by Gasteiger charge is 2.18. The van der Waals surface area contributed by atoms with Gasteiger partial charge in [0, 0.05) is 50.9 Å². The summed E-state index contributed by atoms with van der Waals surface area (Å²) in [4.78, 5) is 27.9. The van der Waals surface area contributed by atoms with Crippen molar-refractivity contribution in [2.45, 2.75) is 26.4 Å². The number of nitro benzene ring substituents is 1. The van der Waals surface area contributed by atoms with Gasteiger partial charge in [-0.1, -0.05) is 49.4 Å². The Morgan fingerprint density at radius 3 is 2.21 bits per heavy atom. The third-order valence-electron chi connectivity index (χ3n) is 5.44. The van der Waals surface area contributed by atoms with Crippen LogP contribution >= 0.6 is 0 Å². The molecule has 7 nitrogen and oxygen atoms in total. The molecule has 1 fully saturated rings. The molecule has 0 unspecified atom stereocenters. The summed E-state index contributed by atoms with van der Waals surface area (Å²) in [6.45, 7) is 8.85. The first kappa shape index (κ1) is 21.0. The Morgan fingerprint density at radius 1 is 0.966 bits per heavy atom. The zero-order valence-electron chi connectivity index (χ0n) is 16.8. The van der Waals surface area contributed by atoms with Gasteiger partial charge in [0.1, 0.15) is 0 Å². The minimum absolute atomic E-state index is 0.00169. The van der Waals surface area contributed by atoms with E-state index in [1.54, 1.807) is 18.2 Å². The molecule has 0 aromatic heterocycles. The van der Waals surface area contributed by atoms with E-state index in [2.05, 4.69) is 28.1 Å². The minimum Gasteiger partial charge on any atom is -0.352 e. The van der Waals surface area contributed by atoms with Crippen molar-refractivity contribution < 1.29 is 9.72 Å². The highest BCUT2D eigenvalue weighted by atomic mass is 16.6. The average molecular weight is 396 g/mol. The van der Waals surface area contributed by atoms with E-state index in [0.717, 1.165) is 44.8 Å². The van der Waals surface area contributed by atoms with Gasteiger partial charge in [0.15, 0.2) is 0 Å². The number of hydrogen-bond acceptors (Lipinski definition) is 5. The Bertz CT molecular complexity index is 847. The molecule has 1 N–H and O–H groups in total. The minimum atomic E-state index is -0.448. The zero-order valence-corrected chi connectivity index (χ0v) is 16.8. The second kappa shape index (κ2) is 10.1. The van der Waals surface area contributed by atoms with Crippen LogP contribution in [0.25, 0.3) is 0 Å². The summed E-state index contributed by atoms with van der Waals surface area (Å²) in [6, 6.07) is 14.5. The van der Waals surface area contributed by atoms with Crippen LogP contribution in [0.4, 0.5) is 5.69 Å². The van der Waals surface area contributed by atoms with E-state index in [1.807, 2.05) is 18.2 Å². The molecule has 2 aromatic rings. The van der Waals surface area contributed by atoms with E-state index < -0.39 is 4.92 Å². The van der Waals surface area contributed by atoms with Gasteiger partial charge in [-0.05, 0) is 17.7 Å². The SMILES string of the molecule is CCN1CCN(Cc2ccccc2CNC(=O)Cc2ccccc2[N+](=O)[O-])CC1. The molecular weight excluding hydrogens is 368 g/mol. The van der Waals surface area contributed by atoms with Gasteiger partial charge in [-0.15, -0.1) is 0 Å². The smallest absolute Gasteiger partial charge is 0.273 e. The third kappa shape index (κ3) is 5.85. The Balaban J connectivity index is 1.57. The molecule has 1 aliphatic rings. The van der Waals surface area contributed by atoms with Gasteiger partial charge in [0.05, 0.1) is 11.3 Å². The van der Waals surface area contributed by atoms with E-state index in [4.69, 9.17) is 0 Å². The van der Waals surface area contributed by atoms with Crippen molar-refractivity contribution in [3.05, 3.63) is 75.3 Å². The molecule has 0 bridgehead atoms. The Kier molecular flexibility index (Phi) is 7.32. The predicted molar refractivity (Wildman–Crippen MR) is 112 cm³/mol. The largest absolute Gasteiger partial charge is 0.352 e. The summed E-state index contributed by atoms with van der Waals surface area (Å²) in [7, 11) is 0. The molecule has 0 spiro atoms. The van der Waals surface area contributed by atoms with Gasteiger partial charge in [-0.3, -0.25) is 19.8 Å². The summed E-state index contributed by atoms with van der Waals surface area (Å²) in [5.74, 6) is -0.217. The second-order valence-electron chi connectivity index (χ2n) is 7.32. The maximum Gasteiger partial charge on any atom is 0.273 e. The molecule has 3 rings (SSSR count). The summed E-state index contributed by atoms with van der Waals surface area (Å²) < 4.78 is 0. The second-order valence-corrected chi connectivity index (χ2v) is 7.32. The fraction of sp³-hybridized carbons (Fsp3) is 0.409. The molecule has 1 saturated heterocycles. The van der Waals surface area contributed by atoms with Crippen molar-refractivity contribution in [1.82, 2.24) is 15.1 Å². The maximum atomic E-state index is 12.4. The summed E-state index contributed by atoms with van der Waals surface area (Å²) in [5.41, 5.74) is 2.70. The van der Waals surface area contributed by atoms with Crippen LogP contribution in [0.15, 0.2) is 48.5 Å². The number of hydrogen-bond donors (Lipinski definition) is 1. The number of amides is 1. The number of piperazine rings is 1. The van der Waals surface area contributed by atoms with Gasteiger partial charge < -0.3 is 10.2 Å². The molecule has 29 heavy (non-hydrogen) atoms. The molecule has 0 atom stereocenters. The molecule has 154 valence electrons. The number of para-hydroxylation sites is 1. The average Bonchev–Trinajstić information content (AvgIpc) is 2.74. The molecule has 1 aliphatic heterocycles. The number of nitro groups is 1. The first-order valence-electron chi connectivity index (χ1n) is 10.1. The summed E-state index contributed by atoms with van der Waals surface area (Å²) in [6.07, 6.45) is -0.00169. The highest BCUT2D eigenvalue weighted by molar-refractivity contribution is 5.79. The first-order chi connectivity index (χ1) is 14.1. The van der Waals surface area contributed by atoms with Crippen LogP contribution in [0, 0.1) is 10.1 Å². The lowest BCUT2D eigenvalue weighted by Gasteiger charge is -2.34. The van der Waals surface area contributed by atoms with Gasteiger partial charge in [-0.25, -0.2) is 0 Å². The van der Waals surface area contributed by atoms with Crippen molar-refractivity contribution in [2.75, 3.05) is 32.7 Å². The van der Waals surface area contributed by atoms with Gasteiger partial charge in [0.2, 0.25) is 5.91 Å². The molecule has 7 heteroatoms. The monoisotopic (exact) mass is 396 g/mol. The Hall–Kier alpha value is -2.77. The lowest BCUT2D eigenvalue weighted by molar-refractivity contribution is -0.385. The van der Waals surface area contributed by atoms with E-state index in [9.17, 15) is 14.9 Å². The fourth-order valence-corrected chi connectivity index (χ4v) is 3.66. The van der Waals surface area contributed by atoms with E-state index in [1.165, 1.54) is 11.6 Å². The number of carbonyl (C=O) groups is 1. The molecule has 0 radical (unpaired) electrons. The molecule has 1 amide bonds. The van der Waals surface area contributed by atoms with Gasteiger partial charge >= 0.3 is 0 Å². The van der Waals surface area contributed by atoms with Crippen molar-refractivity contribution in [2.24, 2.45) is 0 Å². The third-order valence-corrected chi connectivity index (χ3v) is 5.44.